The number of methoxy groups -OCH3 is 2. The van der Waals surface area contributed by atoms with Gasteiger partial charge in [-0.1, -0.05) is 12.1 Å². The number of nitrogens with one attached hydrogen (secondary N) is 2. The lowest BCUT2D eigenvalue weighted by molar-refractivity contribution is -0.120. The molecule has 0 aromatic heterocycles. The molecule has 3 N–H and O–H groups in total. The standard InChI is InChI=1S/C19H20N2O5/c1-12(22)20-16(19(24)21-14-5-4-6-15(23)11-14)9-13-7-8-17(25-2)18(10-13)26-3/h4-11,23H,1-3H3,(H,20,22)(H,21,24). The van der Waals surface area contributed by atoms with Gasteiger partial charge < -0.3 is 25.2 Å². The minimum atomic E-state index is -0.527. The van der Waals surface area contributed by atoms with E-state index in [4.69, 9.17) is 9.47 Å². The molecule has 0 heterocycles. The first-order valence-electron chi connectivity index (χ1n) is 7.74. The van der Waals surface area contributed by atoms with Gasteiger partial charge >= 0.3 is 0 Å². The van der Waals surface area contributed by atoms with Crippen LogP contribution in [0.5, 0.6) is 17.2 Å². The molecule has 0 aliphatic rings. The van der Waals surface area contributed by atoms with Crippen LogP contribution in [0.1, 0.15) is 12.5 Å². The fourth-order valence-electron chi connectivity index (χ4n) is 2.24. The average Bonchev–Trinajstić information content (AvgIpc) is 2.60. The summed E-state index contributed by atoms with van der Waals surface area (Å²) in [5, 5.41) is 14.6. The molecule has 0 radical (unpaired) electrons. The molecule has 0 spiro atoms. The van der Waals surface area contributed by atoms with Crippen LogP contribution in [-0.4, -0.2) is 31.1 Å². The van der Waals surface area contributed by atoms with Gasteiger partial charge in [-0.05, 0) is 35.9 Å². The van der Waals surface area contributed by atoms with E-state index < -0.39 is 5.91 Å². The molecule has 0 bridgehead atoms. The number of aromatic hydroxyl groups is 1. The van der Waals surface area contributed by atoms with E-state index >= 15 is 0 Å². The van der Waals surface area contributed by atoms with E-state index in [1.165, 1.54) is 39.4 Å². The zero-order valence-electron chi connectivity index (χ0n) is 14.7. The van der Waals surface area contributed by atoms with Gasteiger partial charge in [0.1, 0.15) is 11.4 Å². The van der Waals surface area contributed by atoms with Crippen molar-refractivity contribution in [2.75, 3.05) is 19.5 Å². The number of carbonyl (C=O) groups is 2. The summed E-state index contributed by atoms with van der Waals surface area (Å²) in [6.45, 7) is 1.31. The highest BCUT2D eigenvalue weighted by molar-refractivity contribution is 6.08. The molecular weight excluding hydrogens is 336 g/mol. The van der Waals surface area contributed by atoms with Crippen LogP contribution in [0.25, 0.3) is 6.08 Å². The minimum Gasteiger partial charge on any atom is -0.508 e. The summed E-state index contributed by atoms with van der Waals surface area (Å²) in [5.41, 5.74) is 1.09. The first-order chi connectivity index (χ1) is 12.4. The number of rotatable bonds is 6. The van der Waals surface area contributed by atoms with Gasteiger partial charge in [0, 0.05) is 18.7 Å². The van der Waals surface area contributed by atoms with Crippen LogP contribution in [0.2, 0.25) is 0 Å². The molecule has 0 atom stereocenters. The molecule has 2 aromatic rings. The Balaban J connectivity index is 2.32. The lowest BCUT2D eigenvalue weighted by atomic mass is 10.1. The van der Waals surface area contributed by atoms with Crippen molar-refractivity contribution in [3.05, 3.63) is 53.7 Å². The van der Waals surface area contributed by atoms with E-state index in [9.17, 15) is 14.7 Å². The second-order valence-electron chi connectivity index (χ2n) is 5.36. The number of benzene rings is 2. The maximum atomic E-state index is 12.5. The van der Waals surface area contributed by atoms with Crippen molar-refractivity contribution in [3.63, 3.8) is 0 Å². The maximum absolute atomic E-state index is 12.5. The summed E-state index contributed by atoms with van der Waals surface area (Å²) >= 11 is 0. The fourth-order valence-corrected chi connectivity index (χ4v) is 2.24. The van der Waals surface area contributed by atoms with Gasteiger partial charge in [-0.25, -0.2) is 0 Å². The van der Waals surface area contributed by atoms with E-state index in [1.807, 2.05) is 0 Å². The molecule has 0 saturated heterocycles. The normalized spacial score (nSPS) is 10.8. The number of phenolic OH excluding ortho intramolecular Hbond substituents is 1. The highest BCUT2D eigenvalue weighted by atomic mass is 16.5. The number of hydrogen-bond donors (Lipinski definition) is 3. The fraction of sp³-hybridized carbons (Fsp3) is 0.158. The largest absolute Gasteiger partial charge is 0.508 e. The van der Waals surface area contributed by atoms with Gasteiger partial charge in [0.15, 0.2) is 11.5 Å². The van der Waals surface area contributed by atoms with Gasteiger partial charge in [-0.15, -0.1) is 0 Å². The maximum Gasteiger partial charge on any atom is 0.272 e. The zero-order valence-corrected chi connectivity index (χ0v) is 14.7. The van der Waals surface area contributed by atoms with E-state index in [-0.39, 0.29) is 17.4 Å². The number of carbonyl (C=O) groups excluding carboxylic acids is 2. The Bertz CT molecular complexity index is 846. The first kappa shape index (κ1) is 18.9. The minimum absolute atomic E-state index is 0.0211. The lowest BCUT2D eigenvalue weighted by Crippen LogP contribution is -2.28. The number of amides is 2. The van der Waals surface area contributed by atoms with Gasteiger partial charge in [-0.2, -0.15) is 0 Å². The Kier molecular flexibility index (Phi) is 6.21. The van der Waals surface area contributed by atoms with E-state index in [0.29, 0.717) is 22.7 Å². The van der Waals surface area contributed by atoms with Crippen LogP contribution in [0.4, 0.5) is 5.69 Å². The smallest absolute Gasteiger partial charge is 0.272 e. The molecule has 0 aliphatic carbocycles. The van der Waals surface area contributed by atoms with E-state index in [2.05, 4.69) is 10.6 Å². The summed E-state index contributed by atoms with van der Waals surface area (Å²) in [5.74, 6) is 0.155. The summed E-state index contributed by atoms with van der Waals surface area (Å²) in [6, 6.07) is 11.2. The SMILES string of the molecule is COc1ccc(C=C(NC(C)=O)C(=O)Nc2cccc(O)c2)cc1OC. The van der Waals surface area contributed by atoms with Crippen LogP contribution in [0.15, 0.2) is 48.2 Å². The second kappa shape index (κ2) is 8.57. The van der Waals surface area contributed by atoms with Crippen molar-refractivity contribution in [3.8, 4) is 17.2 Å². The van der Waals surface area contributed by atoms with Crippen molar-refractivity contribution in [2.24, 2.45) is 0 Å². The monoisotopic (exact) mass is 356 g/mol. The van der Waals surface area contributed by atoms with Crippen molar-refractivity contribution in [1.82, 2.24) is 5.32 Å². The van der Waals surface area contributed by atoms with Crippen LogP contribution >= 0.6 is 0 Å². The van der Waals surface area contributed by atoms with Crippen LogP contribution < -0.4 is 20.1 Å². The number of phenols is 1. The molecule has 2 amide bonds. The topological polar surface area (TPSA) is 96.9 Å². The molecule has 7 heteroatoms. The highest BCUT2D eigenvalue weighted by Crippen LogP contribution is 2.28. The van der Waals surface area contributed by atoms with Gasteiger partial charge in [0.2, 0.25) is 5.91 Å². The van der Waals surface area contributed by atoms with Gasteiger partial charge in [-0.3, -0.25) is 9.59 Å². The predicted octanol–water partition coefficient (Wildman–Crippen LogP) is 2.53. The Morgan fingerprint density at radius 1 is 1.04 bits per heavy atom. The quantitative estimate of drug-likeness (QED) is 0.691. The third kappa shape index (κ3) is 5.01. The molecule has 7 nitrogen and oxygen atoms in total. The van der Waals surface area contributed by atoms with Crippen LogP contribution in [-0.2, 0) is 9.59 Å². The van der Waals surface area contributed by atoms with Crippen molar-refractivity contribution < 1.29 is 24.2 Å². The summed E-state index contributed by atoms with van der Waals surface area (Å²) in [4.78, 5) is 24.0. The Morgan fingerprint density at radius 2 is 1.77 bits per heavy atom. The summed E-state index contributed by atoms with van der Waals surface area (Å²) in [6.07, 6.45) is 1.52. The zero-order chi connectivity index (χ0) is 19.1. The molecule has 0 saturated carbocycles. The van der Waals surface area contributed by atoms with Gasteiger partial charge in [0.25, 0.3) is 5.91 Å². The number of hydrogen-bond acceptors (Lipinski definition) is 5. The van der Waals surface area contributed by atoms with E-state index in [1.54, 1.807) is 30.3 Å². The Morgan fingerprint density at radius 3 is 2.38 bits per heavy atom. The Hall–Kier alpha value is -3.48. The van der Waals surface area contributed by atoms with E-state index in [0.717, 1.165) is 0 Å². The molecule has 2 aromatic carbocycles. The summed E-state index contributed by atoms with van der Waals surface area (Å²) < 4.78 is 10.4. The molecule has 136 valence electrons. The predicted molar refractivity (Wildman–Crippen MR) is 98.1 cm³/mol. The lowest BCUT2D eigenvalue weighted by Gasteiger charge is -2.11. The Labute approximate surface area is 151 Å². The van der Waals surface area contributed by atoms with Crippen LogP contribution in [0, 0.1) is 0 Å². The molecule has 0 fully saturated rings. The molecule has 0 aliphatic heterocycles. The van der Waals surface area contributed by atoms with Crippen molar-refractivity contribution >= 4 is 23.6 Å². The number of ether oxygens (including phenoxy) is 2. The molecule has 2 rings (SSSR count). The average molecular weight is 356 g/mol. The summed E-state index contributed by atoms with van der Waals surface area (Å²) in [7, 11) is 3.04. The van der Waals surface area contributed by atoms with Gasteiger partial charge in [0.05, 0.1) is 14.2 Å². The molecular formula is C19H20N2O5. The first-order valence-corrected chi connectivity index (χ1v) is 7.74. The second-order valence-corrected chi connectivity index (χ2v) is 5.36. The number of anilines is 1. The third-order valence-corrected chi connectivity index (χ3v) is 3.38. The third-order valence-electron chi connectivity index (χ3n) is 3.38. The molecule has 26 heavy (non-hydrogen) atoms. The highest BCUT2D eigenvalue weighted by Gasteiger charge is 2.13. The molecule has 0 unspecified atom stereocenters. The van der Waals surface area contributed by atoms with Crippen molar-refractivity contribution in [2.45, 2.75) is 6.92 Å². The van der Waals surface area contributed by atoms with Crippen molar-refractivity contribution in [1.29, 1.82) is 0 Å². The van der Waals surface area contributed by atoms with Crippen LogP contribution in [0.3, 0.4) is 0 Å².